The average Bonchev–Trinajstić information content (AvgIpc) is 3.07. The number of nitrogens with one attached hydrogen (secondary N) is 3. The van der Waals surface area contributed by atoms with Crippen molar-refractivity contribution >= 4 is 17.5 Å². The first kappa shape index (κ1) is 15.3. The highest BCUT2D eigenvalue weighted by atomic mass is 16.2. The zero-order chi connectivity index (χ0) is 16.1. The fourth-order valence-electron chi connectivity index (χ4n) is 2.46. The van der Waals surface area contributed by atoms with Crippen LogP contribution in [0.2, 0.25) is 0 Å². The molecule has 23 heavy (non-hydrogen) atoms. The van der Waals surface area contributed by atoms with Gasteiger partial charge in [0.1, 0.15) is 5.82 Å². The van der Waals surface area contributed by atoms with E-state index in [1.807, 2.05) is 12.1 Å². The molecule has 1 aliphatic rings. The molecule has 2 amide bonds. The third kappa shape index (κ3) is 4.19. The van der Waals surface area contributed by atoms with Gasteiger partial charge in [-0.15, -0.1) is 0 Å². The number of likely N-dealkylation sites (N-methyl/N-ethyl adjacent to an activating group) is 1. The van der Waals surface area contributed by atoms with Gasteiger partial charge >= 0.3 is 6.03 Å². The molecular formula is C15H21N7O. The number of aromatic nitrogens is 3. The van der Waals surface area contributed by atoms with E-state index >= 15 is 0 Å². The van der Waals surface area contributed by atoms with Gasteiger partial charge in [-0.2, -0.15) is 5.10 Å². The van der Waals surface area contributed by atoms with Gasteiger partial charge in [0, 0.05) is 45.1 Å². The Bertz CT molecular complexity index is 635. The number of hydrogen-bond acceptors (Lipinski definition) is 5. The zero-order valence-corrected chi connectivity index (χ0v) is 13.1. The number of nitrogens with zero attached hydrogens (tertiary/aromatic N) is 4. The fourth-order valence-corrected chi connectivity index (χ4v) is 2.46. The highest BCUT2D eigenvalue weighted by molar-refractivity contribution is 5.88. The number of carbonyl (C=O) groups is 1. The molecule has 0 atom stereocenters. The molecule has 8 heteroatoms. The van der Waals surface area contributed by atoms with Crippen molar-refractivity contribution in [3.8, 4) is 0 Å². The van der Waals surface area contributed by atoms with Gasteiger partial charge in [-0.25, -0.2) is 9.78 Å². The Labute approximate surface area is 134 Å². The predicted molar refractivity (Wildman–Crippen MR) is 88.4 cm³/mol. The average molecular weight is 315 g/mol. The van der Waals surface area contributed by atoms with Crippen LogP contribution in [0.25, 0.3) is 0 Å². The molecule has 0 bridgehead atoms. The van der Waals surface area contributed by atoms with Crippen molar-refractivity contribution in [3.05, 3.63) is 36.3 Å². The van der Waals surface area contributed by atoms with Crippen LogP contribution in [0.5, 0.6) is 0 Å². The molecule has 0 saturated carbocycles. The normalized spacial score (nSPS) is 15.4. The van der Waals surface area contributed by atoms with Crippen LogP contribution in [0.1, 0.15) is 5.56 Å². The van der Waals surface area contributed by atoms with Crippen molar-refractivity contribution < 1.29 is 4.79 Å². The Balaban J connectivity index is 1.54. The van der Waals surface area contributed by atoms with Gasteiger partial charge in [0.15, 0.2) is 0 Å². The van der Waals surface area contributed by atoms with Gasteiger partial charge in [-0.1, -0.05) is 0 Å². The quantitative estimate of drug-likeness (QED) is 0.779. The lowest BCUT2D eigenvalue weighted by Crippen LogP contribution is -2.44. The summed E-state index contributed by atoms with van der Waals surface area (Å²) in [5.41, 5.74) is 1.66. The number of anilines is 2. The number of hydrogen-bond donors (Lipinski definition) is 3. The summed E-state index contributed by atoms with van der Waals surface area (Å²) in [5, 5.41) is 12.0. The molecule has 0 aromatic carbocycles. The van der Waals surface area contributed by atoms with E-state index in [0.717, 1.165) is 37.6 Å². The van der Waals surface area contributed by atoms with E-state index in [4.69, 9.17) is 0 Å². The molecule has 3 N–H and O–H groups in total. The van der Waals surface area contributed by atoms with Gasteiger partial charge in [0.25, 0.3) is 0 Å². The van der Waals surface area contributed by atoms with E-state index in [1.54, 1.807) is 18.6 Å². The second-order valence-corrected chi connectivity index (χ2v) is 5.61. The standard InChI is InChI=1S/C15H21N7O/c1-21-4-6-22(7-5-21)14-8-12(2-3-16-14)9-17-15(23)20-13-10-18-19-11-13/h2-3,8,10-11H,4-7,9H2,1H3,(H,18,19)(H2,17,20,23). The number of piperazine rings is 1. The lowest BCUT2D eigenvalue weighted by Gasteiger charge is -2.33. The van der Waals surface area contributed by atoms with E-state index in [2.05, 4.69) is 42.7 Å². The minimum atomic E-state index is -0.260. The first-order valence-electron chi connectivity index (χ1n) is 7.63. The van der Waals surface area contributed by atoms with Crippen LogP contribution in [-0.4, -0.2) is 59.3 Å². The highest BCUT2D eigenvalue weighted by Crippen LogP contribution is 2.14. The number of carbonyl (C=O) groups excluding carboxylic acids is 1. The first-order chi connectivity index (χ1) is 11.2. The van der Waals surface area contributed by atoms with E-state index in [1.165, 1.54) is 0 Å². The number of amides is 2. The Morgan fingerprint density at radius 1 is 1.35 bits per heavy atom. The van der Waals surface area contributed by atoms with Gasteiger partial charge in [0.2, 0.25) is 0 Å². The van der Waals surface area contributed by atoms with E-state index < -0.39 is 0 Å². The first-order valence-corrected chi connectivity index (χ1v) is 7.63. The summed E-state index contributed by atoms with van der Waals surface area (Å²) >= 11 is 0. The summed E-state index contributed by atoms with van der Waals surface area (Å²) in [6.45, 7) is 4.48. The molecule has 0 unspecified atom stereocenters. The Morgan fingerprint density at radius 3 is 2.91 bits per heavy atom. The van der Waals surface area contributed by atoms with Crippen molar-refractivity contribution in [2.75, 3.05) is 43.4 Å². The van der Waals surface area contributed by atoms with E-state index in [0.29, 0.717) is 12.2 Å². The number of H-pyrrole nitrogens is 1. The van der Waals surface area contributed by atoms with Crippen LogP contribution in [0.4, 0.5) is 16.3 Å². The van der Waals surface area contributed by atoms with Crippen molar-refractivity contribution in [1.29, 1.82) is 0 Å². The summed E-state index contributed by atoms with van der Waals surface area (Å²) in [6.07, 6.45) is 4.97. The van der Waals surface area contributed by atoms with Crippen LogP contribution >= 0.6 is 0 Å². The molecule has 3 rings (SSSR count). The van der Waals surface area contributed by atoms with Crippen LogP contribution in [0, 0.1) is 0 Å². The van der Waals surface area contributed by atoms with Crippen molar-refractivity contribution in [2.45, 2.75) is 6.54 Å². The molecule has 8 nitrogen and oxygen atoms in total. The number of aromatic amines is 1. The van der Waals surface area contributed by atoms with E-state index in [9.17, 15) is 4.79 Å². The van der Waals surface area contributed by atoms with Gasteiger partial charge in [-0.05, 0) is 24.7 Å². The smallest absolute Gasteiger partial charge is 0.319 e. The lowest BCUT2D eigenvalue weighted by atomic mass is 10.2. The maximum Gasteiger partial charge on any atom is 0.319 e. The molecule has 3 heterocycles. The third-order valence-corrected chi connectivity index (χ3v) is 3.85. The molecule has 1 aliphatic heterocycles. The number of urea groups is 1. The van der Waals surface area contributed by atoms with Crippen LogP contribution in [0.3, 0.4) is 0 Å². The molecule has 1 saturated heterocycles. The van der Waals surface area contributed by atoms with Crippen LogP contribution < -0.4 is 15.5 Å². The van der Waals surface area contributed by atoms with Gasteiger partial charge < -0.3 is 20.4 Å². The second-order valence-electron chi connectivity index (χ2n) is 5.61. The minimum Gasteiger partial charge on any atom is -0.354 e. The van der Waals surface area contributed by atoms with Gasteiger partial charge in [-0.3, -0.25) is 5.10 Å². The predicted octanol–water partition coefficient (Wildman–Crippen LogP) is 0.878. The molecule has 122 valence electrons. The van der Waals surface area contributed by atoms with Crippen LogP contribution in [-0.2, 0) is 6.54 Å². The van der Waals surface area contributed by atoms with Crippen molar-refractivity contribution in [3.63, 3.8) is 0 Å². The molecule has 1 fully saturated rings. The monoisotopic (exact) mass is 315 g/mol. The minimum absolute atomic E-state index is 0.260. The zero-order valence-electron chi connectivity index (χ0n) is 13.1. The number of pyridine rings is 1. The van der Waals surface area contributed by atoms with E-state index in [-0.39, 0.29) is 6.03 Å². The fraction of sp³-hybridized carbons (Fsp3) is 0.400. The Hall–Kier alpha value is -2.61. The maximum atomic E-state index is 11.8. The van der Waals surface area contributed by atoms with Crippen LogP contribution in [0.15, 0.2) is 30.7 Å². The van der Waals surface area contributed by atoms with Gasteiger partial charge in [0.05, 0.1) is 11.9 Å². The Kier molecular flexibility index (Phi) is 4.72. The highest BCUT2D eigenvalue weighted by Gasteiger charge is 2.15. The second kappa shape index (κ2) is 7.10. The molecule has 0 radical (unpaired) electrons. The molecule has 0 aliphatic carbocycles. The molecule has 2 aromatic heterocycles. The lowest BCUT2D eigenvalue weighted by molar-refractivity contribution is 0.251. The number of rotatable bonds is 4. The summed E-state index contributed by atoms with van der Waals surface area (Å²) in [7, 11) is 2.13. The summed E-state index contributed by atoms with van der Waals surface area (Å²) < 4.78 is 0. The summed E-state index contributed by atoms with van der Waals surface area (Å²) in [5.74, 6) is 0.965. The van der Waals surface area contributed by atoms with Crippen molar-refractivity contribution in [2.24, 2.45) is 0 Å². The SMILES string of the molecule is CN1CCN(c2cc(CNC(=O)Nc3cn[nH]c3)ccn2)CC1. The molecular weight excluding hydrogens is 294 g/mol. The molecule has 0 spiro atoms. The molecule has 2 aromatic rings. The maximum absolute atomic E-state index is 11.8. The topological polar surface area (TPSA) is 89.2 Å². The van der Waals surface area contributed by atoms with Crippen molar-refractivity contribution in [1.82, 2.24) is 25.4 Å². The summed E-state index contributed by atoms with van der Waals surface area (Å²) in [6, 6.07) is 3.69. The summed E-state index contributed by atoms with van der Waals surface area (Å²) in [4.78, 5) is 20.8. The third-order valence-electron chi connectivity index (χ3n) is 3.85. The Morgan fingerprint density at radius 2 is 2.17 bits per heavy atom. The largest absolute Gasteiger partial charge is 0.354 e.